The normalized spacial score (nSPS) is 14.0. The Labute approximate surface area is 147 Å². The predicted molar refractivity (Wildman–Crippen MR) is 96.1 cm³/mol. The molecule has 1 aliphatic rings. The molecule has 0 spiro atoms. The average molecular weight is 342 g/mol. The maximum Gasteiger partial charge on any atom is 0.319 e. The number of ether oxygens (including phenoxy) is 2. The molecule has 0 saturated carbocycles. The molecule has 0 unspecified atom stereocenters. The van der Waals surface area contributed by atoms with Crippen molar-refractivity contribution in [3.8, 4) is 5.75 Å². The lowest BCUT2D eigenvalue weighted by molar-refractivity contribution is 0.122. The van der Waals surface area contributed by atoms with E-state index in [1.165, 1.54) is 0 Å². The summed E-state index contributed by atoms with van der Waals surface area (Å²) < 4.78 is 10.6. The van der Waals surface area contributed by atoms with Crippen molar-refractivity contribution in [2.45, 2.75) is 6.54 Å². The molecule has 132 valence electrons. The molecule has 1 saturated heterocycles. The van der Waals surface area contributed by atoms with Crippen molar-refractivity contribution >= 4 is 17.5 Å². The zero-order valence-electron chi connectivity index (χ0n) is 14.2. The molecule has 2 N–H and O–H groups in total. The molecule has 7 heteroatoms. The van der Waals surface area contributed by atoms with E-state index in [4.69, 9.17) is 9.47 Å². The molecular formula is C18H22N4O3. The van der Waals surface area contributed by atoms with Crippen LogP contribution >= 0.6 is 0 Å². The zero-order chi connectivity index (χ0) is 17.5. The fourth-order valence-electron chi connectivity index (χ4n) is 2.72. The van der Waals surface area contributed by atoms with Crippen molar-refractivity contribution in [2.75, 3.05) is 43.6 Å². The number of para-hydroxylation sites is 2. The van der Waals surface area contributed by atoms with Crippen molar-refractivity contribution in [2.24, 2.45) is 0 Å². The van der Waals surface area contributed by atoms with Crippen LogP contribution in [0.2, 0.25) is 0 Å². The van der Waals surface area contributed by atoms with E-state index >= 15 is 0 Å². The summed E-state index contributed by atoms with van der Waals surface area (Å²) in [5.74, 6) is 1.51. The van der Waals surface area contributed by atoms with Gasteiger partial charge in [-0.25, -0.2) is 9.78 Å². The summed E-state index contributed by atoms with van der Waals surface area (Å²) in [5, 5.41) is 5.68. The van der Waals surface area contributed by atoms with E-state index in [2.05, 4.69) is 20.5 Å². The third-order valence-electron chi connectivity index (χ3n) is 3.97. The molecule has 0 atom stereocenters. The zero-order valence-corrected chi connectivity index (χ0v) is 14.2. The molecule has 2 aromatic rings. The van der Waals surface area contributed by atoms with E-state index in [9.17, 15) is 4.79 Å². The molecule has 1 fully saturated rings. The Morgan fingerprint density at radius 2 is 2.04 bits per heavy atom. The number of carbonyl (C=O) groups excluding carboxylic acids is 1. The predicted octanol–water partition coefficient (Wildman–Crippen LogP) is 2.25. The third-order valence-corrected chi connectivity index (χ3v) is 3.97. The number of hydrogen-bond acceptors (Lipinski definition) is 5. The van der Waals surface area contributed by atoms with Gasteiger partial charge in [0, 0.05) is 31.4 Å². The Bertz CT molecular complexity index is 717. The summed E-state index contributed by atoms with van der Waals surface area (Å²) in [4.78, 5) is 18.9. The minimum atomic E-state index is -0.290. The van der Waals surface area contributed by atoms with Gasteiger partial charge in [-0.05, 0) is 18.2 Å². The van der Waals surface area contributed by atoms with Crippen LogP contribution < -0.4 is 20.3 Å². The summed E-state index contributed by atoms with van der Waals surface area (Å²) in [6, 6.07) is 10.8. The first kappa shape index (κ1) is 17.0. The number of amides is 2. The first-order valence-corrected chi connectivity index (χ1v) is 8.22. The second-order valence-corrected chi connectivity index (χ2v) is 5.59. The van der Waals surface area contributed by atoms with Gasteiger partial charge in [0.2, 0.25) is 0 Å². The maximum atomic E-state index is 12.2. The van der Waals surface area contributed by atoms with Crippen LogP contribution in [0.15, 0.2) is 42.6 Å². The molecule has 1 aromatic heterocycles. The molecule has 25 heavy (non-hydrogen) atoms. The van der Waals surface area contributed by atoms with Crippen LogP contribution in [-0.2, 0) is 11.3 Å². The number of carbonyl (C=O) groups is 1. The van der Waals surface area contributed by atoms with Crippen molar-refractivity contribution < 1.29 is 14.3 Å². The van der Waals surface area contributed by atoms with Crippen molar-refractivity contribution in [3.05, 3.63) is 48.2 Å². The molecule has 2 amide bonds. The Balaban J connectivity index is 1.62. The molecule has 0 bridgehead atoms. The lowest BCUT2D eigenvalue weighted by Gasteiger charge is -2.29. The lowest BCUT2D eigenvalue weighted by atomic mass is 10.2. The smallest absolute Gasteiger partial charge is 0.319 e. The SMILES string of the molecule is COc1ccccc1NC(=O)NCc1cccnc1N1CCOCC1. The third kappa shape index (κ3) is 4.39. The molecule has 1 aliphatic heterocycles. The van der Waals surface area contributed by atoms with Gasteiger partial charge in [-0.1, -0.05) is 18.2 Å². The lowest BCUT2D eigenvalue weighted by Crippen LogP contribution is -2.38. The van der Waals surface area contributed by atoms with E-state index in [1.807, 2.05) is 24.3 Å². The Morgan fingerprint density at radius 3 is 2.84 bits per heavy atom. The van der Waals surface area contributed by atoms with Gasteiger partial charge in [-0.3, -0.25) is 0 Å². The van der Waals surface area contributed by atoms with Crippen LogP contribution in [0.4, 0.5) is 16.3 Å². The second-order valence-electron chi connectivity index (χ2n) is 5.59. The van der Waals surface area contributed by atoms with Crippen LogP contribution in [0.25, 0.3) is 0 Å². The standard InChI is InChI=1S/C18H22N4O3/c1-24-16-7-3-2-6-15(16)21-18(23)20-13-14-5-4-8-19-17(14)22-9-11-25-12-10-22/h2-8H,9-13H2,1H3,(H2,20,21,23). The number of nitrogens with zero attached hydrogens (tertiary/aromatic N) is 2. The first-order valence-electron chi connectivity index (χ1n) is 8.22. The van der Waals surface area contributed by atoms with Crippen molar-refractivity contribution in [1.82, 2.24) is 10.3 Å². The first-order chi connectivity index (χ1) is 12.3. The summed E-state index contributed by atoms with van der Waals surface area (Å²) >= 11 is 0. The summed E-state index contributed by atoms with van der Waals surface area (Å²) in [5.41, 5.74) is 1.60. The highest BCUT2D eigenvalue weighted by atomic mass is 16.5. The number of aromatic nitrogens is 1. The monoisotopic (exact) mass is 342 g/mol. The molecular weight excluding hydrogens is 320 g/mol. The molecule has 7 nitrogen and oxygen atoms in total. The molecule has 0 radical (unpaired) electrons. The second kappa shape index (κ2) is 8.34. The Kier molecular flexibility index (Phi) is 5.69. The number of rotatable bonds is 5. The highest BCUT2D eigenvalue weighted by Crippen LogP contribution is 2.23. The number of morpholine rings is 1. The molecule has 1 aromatic carbocycles. The van der Waals surface area contributed by atoms with Gasteiger partial charge < -0.3 is 25.0 Å². The van der Waals surface area contributed by atoms with Gasteiger partial charge in [-0.15, -0.1) is 0 Å². The van der Waals surface area contributed by atoms with Crippen molar-refractivity contribution in [3.63, 3.8) is 0 Å². The van der Waals surface area contributed by atoms with E-state index in [0.717, 1.165) is 24.5 Å². The fraction of sp³-hybridized carbons (Fsp3) is 0.333. The Morgan fingerprint density at radius 1 is 1.24 bits per heavy atom. The molecule has 3 rings (SSSR count). The van der Waals surface area contributed by atoms with Crippen LogP contribution in [0, 0.1) is 0 Å². The summed E-state index contributed by atoms with van der Waals surface area (Å²) in [6.45, 7) is 3.38. The van der Waals surface area contributed by atoms with Crippen LogP contribution in [0.3, 0.4) is 0 Å². The average Bonchev–Trinajstić information content (AvgIpc) is 2.68. The quantitative estimate of drug-likeness (QED) is 0.872. The van der Waals surface area contributed by atoms with Crippen LogP contribution in [-0.4, -0.2) is 44.4 Å². The van der Waals surface area contributed by atoms with Gasteiger partial charge >= 0.3 is 6.03 Å². The van der Waals surface area contributed by atoms with Crippen LogP contribution in [0.1, 0.15) is 5.56 Å². The van der Waals surface area contributed by atoms with E-state index in [1.54, 1.807) is 25.4 Å². The number of nitrogens with one attached hydrogen (secondary N) is 2. The maximum absolute atomic E-state index is 12.2. The fourth-order valence-corrected chi connectivity index (χ4v) is 2.72. The van der Waals surface area contributed by atoms with Gasteiger partial charge in [0.15, 0.2) is 0 Å². The van der Waals surface area contributed by atoms with Gasteiger partial charge in [0.05, 0.1) is 26.0 Å². The number of benzene rings is 1. The van der Waals surface area contributed by atoms with Crippen LogP contribution in [0.5, 0.6) is 5.75 Å². The highest BCUT2D eigenvalue weighted by Gasteiger charge is 2.16. The minimum Gasteiger partial charge on any atom is -0.495 e. The van der Waals surface area contributed by atoms with Gasteiger partial charge in [0.25, 0.3) is 0 Å². The number of pyridine rings is 1. The number of methoxy groups -OCH3 is 1. The molecule has 0 aliphatic carbocycles. The van der Waals surface area contributed by atoms with Gasteiger partial charge in [-0.2, -0.15) is 0 Å². The van der Waals surface area contributed by atoms with Crippen molar-refractivity contribution in [1.29, 1.82) is 0 Å². The Hall–Kier alpha value is -2.80. The minimum absolute atomic E-state index is 0.290. The van der Waals surface area contributed by atoms with E-state index in [-0.39, 0.29) is 6.03 Å². The summed E-state index contributed by atoms with van der Waals surface area (Å²) in [7, 11) is 1.57. The summed E-state index contributed by atoms with van der Waals surface area (Å²) in [6.07, 6.45) is 1.77. The number of hydrogen-bond donors (Lipinski definition) is 2. The largest absolute Gasteiger partial charge is 0.495 e. The van der Waals surface area contributed by atoms with E-state index < -0.39 is 0 Å². The van der Waals surface area contributed by atoms with Gasteiger partial charge in [0.1, 0.15) is 11.6 Å². The topological polar surface area (TPSA) is 75.7 Å². The highest BCUT2D eigenvalue weighted by molar-refractivity contribution is 5.90. The molecule has 2 heterocycles. The number of anilines is 2. The van der Waals surface area contributed by atoms with E-state index in [0.29, 0.717) is 31.2 Å². The number of urea groups is 1.